The van der Waals surface area contributed by atoms with Crippen molar-refractivity contribution in [2.45, 2.75) is 6.54 Å². The van der Waals surface area contributed by atoms with Crippen LogP contribution in [0.2, 0.25) is 0 Å². The number of thiophene rings is 1. The van der Waals surface area contributed by atoms with Gasteiger partial charge in [-0.3, -0.25) is 4.90 Å². The van der Waals surface area contributed by atoms with Crippen molar-refractivity contribution >= 4 is 11.3 Å². The first kappa shape index (κ1) is 11.9. The molecule has 94 valence electrons. The molecule has 2 nitrogen and oxygen atoms in total. The Balaban J connectivity index is 1.83. The molecule has 1 aliphatic heterocycles. The van der Waals surface area contributed by atoms with Gasteiger partial charge in [0, 0.05) is 37.6 Å². The van der Waals surface area contributed by atoms with Gasteiger partial charge in [0.15, 0.2) is 0 Å². The Bertz CT molecular complexity index is 487. The average molecular weight is 258 g/mol. The van der Waals surface area contributed by atoms with Crippen molar-refractivity contribution in [2.24, 2.45) is 0 Å². The molecule has 1 aliphatic rings. The van der Waals surface area contributed by atoms with Gasteiger partial charge < -0.3 is 5.32 Å². The predicted octanol–water partition coefficient (Wildman–Crippen LogP) is 2.82. The minimum atomic E-state index is 1.07. The highest BCUT2D eigenvalue weighted by Crippen LogP contribution is 2.28. The lowest BCUT2D eigenvalue weighted by Crippen LogP contribution is -2.42. The lowest BCUT2D eigenvalue weighted by molar-refractivity contribution is 0.233. The summed E-state index contributed by atoms with van der Waals surface area (Å²) in [7, 11) is 0. The number of hydrogen-bond acceptors (Lipinski definition) is 3. The third-order valence-corrected chi connectivity index (χ3v) is 4.31. The van der Waals surface area contributed by atoms with Crippen LogP contribution in [0.5, 0.6) is 0 Å². The van der Waals surface area contributed by atoms with Crippen LogP contribution in [-0.4, -0.2) is 31.1 Å². The van der Waals surface area contributed by atoms with Gasteiger partial charge in [-0.15, -0.1) is 11.3 Å². The molecule has 1 N–H and O–H groups in total. The molecule has 1 aromatic carbocycles. The Labute approximate surface area is 112 Å². The second-order valence-electron chi connectivity index (χ2n) is 4.66. The minimum absolute atomic E-state index is 1.07. The van der Waals surface area contributed by atoms with E-state index < -0.39 is 0 Å². The molecule has 0 saturated carbocycles. The van der Waals surface area contributed by atoms with Crippen LogP contribution in [0.25, 0.3) is 10.4 Å². The molecule has 2 heterocycles. The predicted molar refractivity (Wildman–Crippen MR) is 77.9 cm³/mol. The minimum Gasteiger partial charge on any atom is -0.314 e. The number of benzene rings is 1. The van der Waals surface area contributed by atoms with Crippen LogP contribution >= 0.6 is 11.3 Å². The Morgan fingerprint density at radius 1 is 1.06 bits per heavy atom. The van der Waals surface area contributed by atoms with E-state index in [2.05, 4.69) is 52.0 Å². The molecule has 0 amide bonds. The van der Waals surface area contributed by atoms with Gasteiger partial charge in [0.05, 0.1) is 0 Å². The monoisotopic (exact) mass is 258 g/mol. The lowest BCUT2D eigenvalue weighted by Gasteiger charge is -2.27. The molecular formula is C15H18N2S. The van der Waals surface area contributed by atoms with E-state index in [-0.39, 0.29) is 0 Å². The Hall–Kier alpha value is -1.16. The summed E-state index contributed by atoms with van der Waals surface area (Å²) in [4.78, 5) is 3.91. The summed E-state index contributed by atoms with van der Waals surface area (Å²) < 4.78 is 0. The van der Waals surface area contributed by atoms with Crippen LogP contribution in [0.3, 0.4) is 0 Å². The van der Waals surface area contributed by atoms with E-state index in [0.717, 1.165) is 32.7 Å². The molecule has 0 spiro atoms. The molecule has 1 aromatic heterocycles. The Morgan fingerprint density at radius 2 is 1.89 bits per heavy atom. The van der Waals surface area contributed by atoms with E-state index in [9.17, 15) is 0 Å². The zero-order chi connectivity index (χ0) is 12.2. The highest BCUT2D eigenvalue weighted by molar-refractivity contribution is 7.13. The van der Waals surface area contributed by atoms with Gasteiger partial charge in [0.2, 0.25) is 0 Å². The second-order valence-corrected chi connectivity index (χ2v) is 5.61. The Morgan fingerprint density at radius 3 is 2.67 bits per heavy atom. The molecule has 3 rings (SSSR count). The van der Waals surface area contributed by atoms with E-state index in [1.807, 2.05) is 11.3 Å². The highest BCUT2D eigenvalue weighted by atomic mass is 32.1. The summed E-state index contributed by atoms with van der Waals surface area (Å²) in [5.74, 6) is 0. The van der Waals surface area contributed by atoms with Gasteiger partial charge in [0.25, 0.3) is 0 Å². The molecule has 18 heavy (non-hydrogen) atoms. The SMILES string of the molecule is c1csc(-c2ccccc2CN2CCNCC2)c1. The molecule has 1 saturated heterocycles. The van der Waals surface area contributed by atoms with Gasteiger partial charge in [-0.2, -0.15) is 0 Å². The highest BCUT2D eigenvalue weighted by Gasteiger charge is 2.12. The smallest absolute Gasteiger partial charge is 0.0345 e. The third-order valence-electron chi connectivity index (χ3n) is 3.41. The van der Waals surface area contributed by atoms with Crippen LogP contribution in [0.15, 0.2) is 41.8 Å². The van der Waals surface area contributed by atoms with Crippen molar-refractivity contribution < 1.29 is 0 Å². The fraction of sp³-hybridized carbons (Fsp3) is 0.333. The lowest BCUT2D eigenvalue weighted by atomic mass is 10.1. The molecule has 0 unspecified atom stereocenters. The molecule has 0 aliphatic carbocycles. The maximum Gasteiger partial charge on any atom is 0.0345 e. The number of hydrogen-bond donors (Lipinski definition) is 1. The number of nitrogens with one attached hydrogen (secondary N) is 1. The zero-order valence-corrected chi connectivity index (χ0v) is 11.2. The summed E-state index contributed by atoms with van der Waals surface area (Å²) in [5, 5.41) is 5.55. The molecule has 2 aromatic rings. The quantitative estimate of drug-likeness (QED) is 0.910. The van der Waals surface area contributed by atoms with Crippen molar-refractivity contribution in [2.75, 3.05) is 26.2 Å². The first-order chi connectivity index (χ1) is 8.93. The summed E-state index contributed by atoms with van der Waals surface area (Å²) in [5.41, 5.74) is 2.84. The summed E-state index contributed by atoms with van der Waals surface area (Å²) >= 11 is 1.82. The van der Waals surface area contributed by atoms with E-state index in [1.54, 1.807) is 0 Å². The van der Waals surface area contributed by atoms with Gasteiger partial charge in [0.1, 0.15) is 0 Å². The summed E-state index contributed by atoms with van der Waals surface area (Å²) in [6, 6.07) is 13.1. The molecular weight excluding hydrogens is 240 g/mol. The van der Waals surface area contributed by atoms with Crippen molar-refractivity contribution in [1.82, 2.24) is 10.2 Å². The maximum absolute atomic E-state index is 3.40. The second kappa shape index (κ2) is 5.65. The molecule has 1 fully saturated rings. The molecule has 3 heteroatoms. The summed E-state index contributed by atoms with van der Waals surface area (Å²) in [6.45, 7) is 5.59. The molecule has 0 atom stereocenters. The van der Waals surface area contributed by atoms with Gasteiger partial charge in [-0.1, -0.05) is 30.3 Å². The third kappa shape index (κ3) is 2.64. The average Bonchev–Trinajstić information content (AvgIpc) is 2.94. The van der Waals surface area contributed by atoms with Crippen molar-refractivity contribution in [3.63, 3.8) is 0 Å². The van der Waals surface area contributed by atoms with Gasteiger partial charge in [-0.25, -0.2) is 0 Å². The number of piperazine rings is 1. The van der Waals surface area contributed by atoms with Crippen molar-refractivity contribution in [1.29, 1.82) is 0 Å². The first-order valence-corrected chi connectivity index (χ1v) is 7.36. The van der Waals surface area contributed by atoms with Crippen LogP contribution in [0.4, 0.5) is 0 Å². The fourth-order valence-corrected chi connectivity index (χ4v) is 3.23. The van der Waals surface area contributed by atoms with E-state index in [1.165, 1.54) is 16.0 Å². The van der Waals surface area contributed by atoms with Crippen molar-refractivity contribution in [3.05, 3.63) is 47.3 Å². The van der Waals surface area contributed by atoms with Gasteiger partial charge >= 0.3 is 0 Å². The van der Waals surface area contributed by atoms with Crippen LogP contribution in [0.1, 0.15) is 5.56 Å². The van der Waals surface area contributed by atoms with E-state index >= 15 is 0 Å². The van der Waals surface area contributed by atoms with Crippen molar-refractivity contribution in [3.8, 4) is 10.4 Å². The molecule has 0 bridgehead atoms. The largest absolute Gasteiger partial charge is 0.314 e. The van der Waals surface area contributed by atoms with Gasteiger partial charge in [-0.05, 0) is 22.6 Å². The zero-order valence-electron chi connectivity index (χ0n) is 10.4. The fourth-order valence-electron chi connectivity index (χ4n) is 2.44. The van der Waals surface area contributed by atoms with Crippen LogP contribution < -0.4 is 5.32 Å². The maximum atomic E-state index is 3.40. The van der Waals surface area contributed by atoms with E-state index in [0.29, 0.717) is 0 Å². The van der Waals surface area contributed by atoms with Crippen LogP contribution in [-0.2, 0) is 6.54 Å². The standard InChI is InChI=1S/C15H18N2S/c1-2-5-14(15-6-3-11-18-15)13(4-1)12-17-9-7-16-8-10-17/h1-6,11,16H,7-10,12H2. The topological polar surface area (TPSA) is 15.3 Å². The number of rotatable bonds is 3. The first-order valence-electron chi connectivity index (χ1n) is 6.48. The van der Waals surface area contributed by atoms with E-state index in [4.69, 9.17) is 0 Å². The van der Waals surface area contributed by atoms with Crippen LogP contribution in [0, 0.1) is 0 Å². The molecule has 0 radical (unpaired) electrons. The normalized spacial score (nSPS) is 16.9. The number of nitrogens with zero attached hydrogens (tertiary/aromatic N) is 1. The summed E-state index contributed by atoms with van der Waals surface area (Å²) in [6.07, 6.45) is 0. The Kier molecular flexibility index (Phi) is 3.74.